The van der Waals surface area contributed by atoms with E-state index in [0.717, 1.165) is 5.56 Å². The van der Waals surface area contributed by atoms with Crippen LogP contribution in [0.3, 0.4) is 0 Å². The Balaban J connectivity index is 1.79. The fourth-order valence-electron chi connectivity index (χ4n) is 3.21. The molecule has 32 heavy (non-hydrogen) atoms. The van der Waals surface area contributed by atoms with E-state index in [1.807, 2.05) is 42.5 Å². The number of halogens is 1. The van der Waals surface area contributed by atoms with Crippen LogP contribution in [0.4, 0.5) is 20.6 Å². The second-order valence-corrected chi connectivity index (χ2v) is 9.74. The van der Waals surface area contributed by atoms with Crippen LogP contribution in [-0.2, 0) is 10.8 Å². The molecule has 0 aliphatic heterocycles. The summed E-state index contributed by atoms with van der Waals surface area (Å²) in [6.45, 7) is 12.6. The molecule has 1 aromatic heterocycles. The van der Waals surface area contributed by atoms with Crippen molar-refractivity contribution in [2.75, 3.05) is 10.6 Å². The smallest absolute Gasteiger partial charge is 0.323 e. The molecular weight excluding hydrogens is 405 g/mol. The third-order valence-corrected chi connectivity index (χ3v) is 4.98. The van der Waals surface area contributed by atoms with Gasteiger partial charge in [0.25, 0.3) is 0 Å². The van der Waals surface area contributed by atoms with Crippen molar-refractivity contribution in [2.24, 2.45) is 0 Å². The lowest BCUT2D eigenvalue weighted by Gasteiger charge is -2.22. The number of nitrogens with zero attached hydrogens (tertiary/aromatic N) is 1. The fourth-order valence-corrected chi connectivity index (χ4v) is 3.21. The summed E-state index contributed by atoms with van der Waals surface area (Å²) >= 11 is 0. The first-order chi connectivity index (χ1) is 14.9. The molecule has 2 amide bonds. The SMILES string of the molecule is CC(C)(C)c1ccc(NC(=O)Nc2ccc(F)nc2Oc2ccccc2C(C)(C)C)cc1. The summed E-state index contributed by atoms with van der Waals surface area (Å²) in [5.74, 6) is -0.156. The van der Waals surface area contributed by atoms with Crippen molar-refractivity contribution in [2.45, 2.75) is 52.4 Å². The van der Waals surface area contributed by atoms with Gasteiger partial charge in [-0.15, -0.1) is 0 Å². The summed E-state index contributed by atoms with van der Waals surface area (Å²) in [5.41, 5.74) is 2.86. The number of rotatable bonds is 4. The minimum absolute atomic E-state index is 0.0140. The zero-order chi connectivity index (χ0) is 23.5. The zero-order valence-corrected chi connectivity index (χ0v) is 19.4. The molecule has 1 heterocycles. The van der Waals surface area contributed by atoms with Crippen molar-refractivity contribution >= 4 is 17.4 Å². The Hall–Kier alpha value is -3.41. The van der Waals surface area contributed by atoms with Gasteiger partial charge in [0.2, 0.25) is 11.8 Å². The van der Waals surface area contributed by atoms with Crippen molar-refractivity contribution in [1.29, 1.82) is 0 Å². The maximum absolute atomic E-state index is 13.9. The molecule has 0 bridgehead atoms. The maximum atomic E-state index is 13.9. The molecule has 3 aromatic rings. The van der Waals surface area contributed by atoms with Gasteiger partial charge in [-0.3, -0.25) is 0 Å². The van der Waals surface area contributed by atoms with Gasteiger partial charge >= 0.3 is 6.03 Å². The van der Waals surface area contributed by atoms with E-state index in [0.29, 0.717) is 11.4 Å². The van der Waals surface area contributed by atoms with Gasteiger partial charge in [0.05, 0.1) is 0 Å². The topological polar surface area (TPSA) is 63.2 Å². The molecule has 0 radical (unpaired) electrons. The van der Waals surface area contributed by atoms with Gasteiger partial charge in [-0.05, 0) is 46.7 Å². The van der Waals surface area contributed by atoms with E-state index in [4.69, 9.17) is 4.74 Å². The molecule has 0 fully saturated rings. The number of amides is 2. The molecule has 0 aliphatic rings. The van der Waals surface area contributed by atoms with Crippen LogP contribution < -0.4 is 15.4 Å². The monoisotopic (exact) mass is 435 g/mol. The summed E-state index contributed by atoms with van der Waals surface area (Å²) < 4.78 is 19.8. The van der Waals surface area contributed by atoms with Crippen molar-refractivity contribution in [3.63, 3.8) is 0 Å². The van der Waals surface area contributed by atoms with Crippen LogP contribution in [-0.4, -0.2) is 11.0 Å². The lowest BCUT2D eigenvalue weighted by atomic mass is 9.86. The number of urea groups is 1. The van der Waals surface area contributed by atoms with Gasteiger partial charge in [-0.1, -0.05) is 71.9 Å². The molecular formula is C26H30FN3O2. The van der Waals surface area contributed by atoms with E-state index >= 15 is 0 Å². The van der Waals surface area contributed by atoms with Crippen molar-refractivity contribution in [1.82, 2.24) is 4.98 Å². The third kappa shape index (κ3) is 5.84. The van der Waals surface area contributed by atoms with Crippen LogP contribution >= 0.6 is 0 Å². The molecule has 0 atom stereocenters. The average molecular weight is 436 g/mol. The Bertz CT molecular complexity index is 1100. The van der Waals surface area contributed by atoms with Crippen molar-refractivity contribution < 1.29 is 13.9 Å². The van der Waals surface area contributed by atoms with Crippen LogP contribution in [0.1, 0.15) is 52.7 Å². The number of aromatic nitrogens is 1. The van der Waals surface area contributed by atoms with Crippen LogP contribution in [0, 0.1) is 5.95 Å². The lowest BCUT2D eigenvalue weighted by molar-refractivity contribution is 0.262. The van der Waals surface area contributed by atoms with Crippen LogP contribution in [0.15, 0.2) is 60.7 Å². The molecule has 2 aromatic carbocycles. The van der Waals surface area contributed by atoms with Crippen molar-refractivity contribution in [3.8, 4) is 11.6 Å². The van der Waals surface area contributed by atoms with E-state index in [9.17, 15) is 9.18 Å². The molecule has 0 spiro atoms. The number of nitrogens with one attached hydrogen (secondary N) is 2. The first kappa shape index (κ1) is 23.3. The molecule has 6 heteroatoms. The van der Waals surface area contributed by atoms with Crippen LogP contribution in [0.2, 0.25) is 0 Å². The number of hydrogen-bond donors (Lipinski definition) is 2. The first-order valence-corrected chi connectivity index (χ1v) is 10.6. The Morgan fingerprint density at radius 3 is 2.12 bits per heavy atom. The second-order valence-electron chi connectivity index (χ2n) is 9.74. The Morgan fingerprint density at radius 1 is 0.844 bits per heavy atom. The molecule has 3 rings (SSSR count). The number of benzene rings is 2. The van der Waals surface area contributed by atoms with E-state index in [2.05, 4.69) is 57.2 Å². The predicted octanol–water partition coefficient (Wildman–Crippen LogP) is 7.25. The van der Waals surface area contributed by atoms with Gasteiger partial charge in [0.15, 0.2) is 0 Å². The molecule has 0 saturated heterocycles. The summed E-state index contributed by atoms with van der Waals surface area (Å²) in [7, 11) is 0. The van der Waals surface area contributed by atoms with Gasteiger partial charge in [-0.2, -0.15) is 9.37 Å². The van der Waals surface area contributed by atoms with Crippen LogP contribution in [0.5, 0.6) is 11.6 Å². The Morgan fingerprint density at radius 2 is 1.50 bits per heavy atom. The molecule has 2 N–H and O–H groups in total. The normalized spacial score (nSPS) is 11.7. The molecule has 168 valence electrons. The number of para-hydroxylation sites is 1. The second kappa shape index (κ2) is 8.99. The number of pyridine rings is 1. The molecule has 0 saturated carbocycles. The molecule has 5 nitrogen and oxygen atoms in total. The highest BCUT2D eigenvalue weighted by Crippen LogP contribution is 2.35. The highest BCUT2D eigenvalue weighted by atomic mass is 19.1. The maximum Gasteiger partial charge on any atom is 0.323 e. The predicted molar refractivity (Wildman–Crippen MR) is 127 cm³/mol. The third-order valence-electron chi connectivity index (χ3n) is 4.98. The highest BCUT2D eigenvalue weighted by molar-refractivity contribution is 6.00. The van der Waals surface area contributed by atoms with E-state index in [-0.39, 0.29) is 22.4 Å². The van der Waals surface area contributed by atoms with Gasteiger partial charge in [0.1, 0.15) is 11.4 Å². The average Bonchev–Trinajstić information content (AvgIpc) is 2.69. The number of anilines is 2. The fraction of sp³-hybridized carbons (Fsp3) is 0.308. The largest absolute Gasteiger partial charge is 0.437 e. The van der Waals surface area contributed by atoms with E-state index in [1.165, 1.54) is 17.7 Å². The summed E-state index contributed by atoms with van der Waals surface area (Å²) in [4.78, 5) is 16.4. The summed E-state index contributed by atoms with van der Waals surface area (Å²) in [5, 5.41) is 5.49. The van der Waals surface area contributed by atoms with Gasteiger partial charge < -0.3 is 15.4 Å². The van der Waals surface area contributed by atoms with Gasteiger partial charge in [-0.25, -0.2) is 4.79 Å². The van der Waals surface area contributed by atoms with Crippen molar-refractivity contribution in [3.05, 3.63) is 77.7 Å². The Labute approximate surface area is 189 Å². The standard InChI is InChI=1S/C26H30FN3O2/c1-25(2,3)17-11-13-18(14-12-17)28-24(31)29-20-15-16-22(27)30-23(20)32-21-10-8-7-9-19(21)26(4,5)6/h7-16H,1-6H3,(H2,28,29,31). The lowest BCUT2D eigenvalue weighted by Crippen LogP contribution is -2.20. The molecule has 0 aliphatic carbocycles. The summed E-state index contributed by atoms with van der Waals surface area (Å²) in [6, 6.07) is 17.3. The number of carbonyl (C=O) groups is 1. The molecule has 0 unspecified atom stereocenters. The first-order valence-electron chi connectivity index (χ1n) is 10.6. The Kier molecular flexibility index (Phi) is 6.53. The highest BCUT2D eigenvalue weighted by Gasteiger charge is 2.21. The van der Waals surface area contributed by atoms with Gasteiger partial charge in [0, 0.05) is 11.3 Å². The van der Waals surface area contributed by atoms with Crippen LogP contribution in [0.25, 0.3) is 0 Å². The number of hydrogen-bond acceptors (Lipinski definition) is 3. The van der Waals surface area contributed by atoms with E-state index < -0.39 is 12.0 Å². The summed E-state index contributed by atoms with van der Waals surface area (Å²) in [6.07, 6.45) is 0. The minimum atomic E-state index is -0.697. The quantitative estimate of drug-likeness (QED) is 0.424. The minimum Gasteiger partial charge on any atom is -0.437 e. The van der Waals surface area contributed by atoms with E-state index in [1.54, 1.807) is 6.07 Å². The number of carbonyl (C=O) groups excluding carboxylic acids is 1. The number of ether oxygens (including phenoxy) is 1. The zero-order valence-electron chi connectivity index (χ0n) is 19.4.